The number of hydrogen-bond donors (Lipinski definition) is 0. The van der Waals surface area contributed by atoms with Crippen molar-refractivity contribution in [2.24, 2.45) is 0 Å². The largest absolute Gasteiger partial charge is 0.468 e. The van der Waals surface area contributed by atoms with Gasteiger partial charge < -0.3 is 4.74 Å². The Bertz CT molecular complexity index is 562. The van der Waals surface area contributed by atoms with E-state index in [9.17, 15) is 4.79 Å². The molecule has 0 radical (unpaired) electrons. The summed E-state index contributed by atoms with van der Waals surface area (Å²) < 4.78 is 6.66. The molecule has 0 spiro atoms. The van der Waals surface area contributed by atoms with Gasteiger partial charge in [0.05, 0.1) is 12.0 Å². The van der Waals surface area contributed by atoms with Gasteiger partial charge in [0.25, 0.3) is 0 Å². The highest BCUT2D eigenvalue weighted by Crippen LogP contribution is 2.30. The summed E-state index contributed by atoms with van der Waals surface area (Å²) in [5.41, 5.74) is 0. The van der Waals surface area contributed by atoms with Gasteiger partial charge in [0.2, 0.25) is 0 Å². The van der Waals surface area contributed by atoms with Crippen LogP contribution in [0.2, 0.25) is 0 Å². The molecule has 0 fully saturated rings. The number of methoxy groups -OCH3 is 1. The van der Waals surface area contributed by atoms with E-state index in [1.807, 2.05) is 22.2 Å². The molecule has 0 N–H and O–H groups in total. The highest BCUT2D eigenvalue weighted by atomic mass is 32.1. The monoisotopic (exact) mass is 263 g/mol. The van der Waals surface area contributed by atoms with Gasteiger partial charge in [-0.25, -0.2) is 9.67 Å². The smallest absolute Gasteiger partial charge is 0.316 e. The first kappa shape index (κ1) is 11.4. The number of carbonyl (C=O) groups is 1. The van der Waals surface area contributed by atoms with Gasteiger partial charge in [-0.1, -0.05) is 6.07 Å². The van der Waals surface area contributed by atoms with Crippen molar-refractivity contribution in [2.45, 2.75) is 25.3 Å². The Balaban J connectivity index is 2.00. The van der Waals surface area contributed by atoms with E-state index in [1.54, 1.807) is 11.3 Å². The highest BCUT2D eigenvalue weighted by molar-refractivity contribution is 7.13. The summed E-state index contributed by atoms with van der Waals surface area (Å²) in [6.07, 6.45) is 1.72. The van der Waals surface area contributed by atoms with E-state index < -0.39 is 0 Å². The minimum Gasteiger partial charge on any atom is -0.468 e. The van der Waals surface area contributed by atoms with E-state index in [0.717, 1.165) is 30.1 Å². The third-order valence-corrected chi connectivity index (χ3v) is 3.97. The van der Waals surface area contributed by atoms with Crippen molar-refractivity contribution in [1.82, 2.24) is 14.8 Å². The Morgan fingerprint density at radius 1 is 1.61 bits per heavy atom. The third-order valence-electron chi connectivity index (χ3n) is 3.10. The summed E-state index contributed by atoms with van der Waals surface area (Å²) >= 11 is 1.60. The van der Waals surface area contributed by atoms with Gasteiger partial charge in [-0.3, -0.25) is 4.79 Å². The van der Waals surface area contributed by atoms with Crippen LogP contribution in [0, 0.1) is 0 Å². The maximum Gasteiger partial charge on any atom is 0.316 e. The van der Waals surface area contributed by atoms with Crippen LogP contribution in [0.5, 0.6) is 0 Å². The second-order valence-corrected chi connectivity index (χ2v) is 5.16. The first-order valence-corrected chi connectivity index (χ1v) is 6.74. The van der Waals surface area contributed by atoms with Gasteiger partial charge in [0.1, 0.15) is 11.7 Å². The maximum absolute atomic E-state index is 11.7. The van der Waals surface area contributed by atoms with Crippen molar-refractivity contribution in [3.8, 4) is 10.7 Å². The van der Waals surface area contributed by atoms with Crippen molar-refractivity contribution in [3.63, 3.8) is 0 Å². The summed E-state index contributed by atoms with van der Waals surface area (Å²) in [7, 11) is 1.41. The zero-order chi connectivity index (χ0) is 12.5. The summed E-state index contributed by atoms with van der Waals surface area (Å²) in [5, 5.41) is 6.46. The number of fused-ring (bicyclic) bond motifs is 1. The predicted molar refractivity (Wildman–Crippen MR) is 67.3 cm³/mol. The number of aromatic nitrogens is 3. The molecule has 1 aliphatic heterocycles. The van der Waals surface area contributed by atoms with Gasteiger partial charge in [-0.05, 0) is 24.3 Å². The molecular formula is C12H13N3O2S. The quantitative estimate of drug-likeness (QED) is 0.778. The molecule has 18 heavy (non-hydrogen) atoms. The van der Waals surface area contributed by atoms with Crippen molar-refractivity contribution in [3.05, 3.63) is 23.3 Å². The Kier molecular flexibility index (Phi) is 2.87. The zero-order valence-electron chi connectivity index (χ0n) is 10.00. The van der Waals surface area contributed by atoms with Crippen LogP contribution in [0.1, 0.15) is 24.6 Å². The van der Waals surface area contributed by atoms with Crippen LogP contribution in [0.25, 0.3) is 10.7 Å². The van der Waals surface area contributed by atoms with E-state index in [4.69, 9.17) is 4.74 Å². The van der Waals surface area contributed by atoms with Crippen LogP contribution in [0.4, 0.5) is 0 Å². The normalized spacial score (nSPS) is 18.4. The van der Waals surface area contributed by atoms with Crippen molar-refractivity contribution in [2.75, 3.05) is 7.11 Å². The lowest BCUT2D eigenvalue weighted by molar-refractivity contribution is -0.143. The minimum atomic E-state index is -0.273. The number of ether oxygens (including phenoxy) is 1. The number of hydrogen-bond acceptors (Lipinski definition) is 5. The molecule has 2 aromatic rings. The summed E-state index contributed by atoms with van der Waals surface area (Å²) in [6, 6.07) is 3.96. The van der Waals surface area contributed by atoms with E-state index >= 15 is 0 Å². The summed E-state index contributed by atoms with van der Waals surface area (Å²) in [5.74, 6) is 0.943. The van der Waals surface area contributed by atoms with Gasteiger partial charge in [-0.2, -0.15) is 0 Å². The molecule has 0 bridgehead atoms. The molecule has 5 nitrogen and oxygen atoms in total. The SMILES string of the molecule is COC(=O)C1CCCn2nc(-c3cccs3)nc21. The number of esters is 1. The van der Waals surface area contributed by atoms with Gasteiger partial charge in [0, 0.05) is 6.54 Å². The first-order valence-electron chi connectivity index (χ1n) is 5.86. The Morgan fingerprint density at radius 2 is 2.50 bits per heavy atom. The van der Waals surface area contributed by atoms with E-state index in [1.165, 1.54) is 7.11 Å². The molecule has 1 aliphatic rings. The van der Waals surface area contributed by atoms with E-state index in [2.05, 4.69) is 10.1 Å². The van der Waals surface area contributed by atoms with Crippen LogP contribution in [-0.4, -0.2) is 27.8 Å². The summed E-state index contributed by atoms with van der Waals surface area (Å²) in [4.78, 5) is 17.3. The summed E-state index contributed by atoms with van der Waals surface area (Å²) in [6.45, 7) is 0.821. The van der Waals surface area contributed by atoms with E-state index in [0.29, 0.717) is 5.82 Å². The number of rotatable bonds is 2. The molecule has 94 valence electrons. The lowest BCUT2D eigenvalue weighted by Crippen LogP contribution is -2.24. The standard InChI is InChI=1S/C12H13N3O2S/c1-17-12(16)8-4-2-6-15-11(8)13-10(14-15)9-5-3-7-18-9/h3,5,7-8H,2,4,6H2,1H3. The lowest BCUT2D eigenvalue weighted by atomic mass is 9.99. The molecule has 1 atom stereocenters. The Hall–Kier alpha value is -1.69. The molecule has 0 saturated heterocycles. The molecular weight excluding hydrogens is 250 g/mol. The average molecular weight is 263 g/mol. The van der Waals surface area contributed by atoms with Crippen molar-refractivity contribution < 1.29 is 9.53 Å². The maximum atomic E-state index is 11.7. The second-order valence-electron chi connectivity index (χ2n) is 4.21. The predicted octanol–water partition coefficient (Wildman–Crippen LogP) is 2.06. The molecule has 0 amide bonds. The van der Waals surface area contributed by atoms with Gasteiger partial charge >= 0.3 is 5.97 Å². The molecule has 0 aliphatic carbocycles. The van der Waals surface area contributed by atoms with Crippen molar-refractivity contribution >= 4 is 17.3 Å². The topological polar surface area (TPSA) is 57.0 Å². The lowest BCUT2D eigenvalue weighted by Gasteiger charge is -2.19. The molecule has 3 heterocycles. The van der Waals surface area contributed by atoms with E-state index in [-0.39, 0.29) is 11.9 Å². The Morgan fingerprint density at radius 3 is 3.22 bits per heavy atom. The highest BCUT2D eigenvalue weighted by Gasteiger charge is 2.31. The molecule has 0 saturated carbocycles. The van der Waals surface area contributed by atoms with Gasteiger partial charge in [-0.15, -0.1) is 16.4 Å². The van der Waals surface area contributed by atoms with Crippen LogP contribution >= 0.6 is 11.3 Å². The fraction of sp³-hybridized carbons (Fsp3) is 0.417. The van der Waals surface area contributed by atoms with Crippen LogP contribution in [0.15, 0.2) is 17.5 Å². The van der Waals surface area contributed by atoms with Crippen LogP contribution < -0.4 is 0 Å². The minimum absolute atomic E-state index is 0.221. The molecule has 3 rings (SSSR count). The zero-order valence-corrected chi connectivity index (χ0v) is 10.8. The fourth-order valence-electron chi connectivity index (χ4n) is 2.23. The number of nitrogens with zero attached hydrogens (tertiary/aromatic N) is 3. The number of aryl methyl sites for hydroxylation is 1. The number of carbonyl (C=O) groups excluding carboxylic acids is 1. The van der Waals surface area contributed by atoms with Crippen LogP contribution in [-0.2, 0) is 16.1 Å². The van der Waals surface area contributed by atoms with Crippen molar-refractivity contribution in [1.29, 1.82) is 0 Å². The molecule has 1 unspecified atom stereocenters. The average Bonchev–Trinajstić information content (AvgIpc) is 3.04. The van der Waals surface area contributed by atoms with Crippen LogP contribution in [0.3, 0.4) is 0 Å². The number of thiophene rings is 1. The molecule has 6 heteroatoms. The second kappa shape index (κ2) is 4.53. The first-order chi connectivity index (χ1) is 8.79. The Labute approximate surface area is 108 Å². The molecule has 2 aromatic heterocycles. The van der Waals surface area contributed by atoms with Gasteiger partial charge in [0.15, 0.2) is 5.82 Å². The third kappa shape index (κ3) is 1.82. The fourth-order valence-corrected chi connectivity index (χ4v) is 2.88. The molecule has 0 aromatic carbocycles.